The Hall–Kier alpha value is -1.83. The molecule has 0 saturated heterocycles. The van der Waals surface area contributed by atoms with Crippen LogP contribution in [0.15, 0.2) is 46.1 Å². The third-order valence-corrected chi connectivity index (χ3v) is 6.38. The van der Waals surface area contributed by atoms with Gasteiger partial charge in [-0.1, -0.05) is 35.9 Å². The van der Waals surface area contributed by atoms with Crippen LogP contribution in [0.5, 0.6) is 0 Å². The first kappa shape index (κ1) is 18.0. The van der Waals surface area contributed by atoms with Crippen LogP contribution in [0.1, 0.15) is 18.9 Å². The molecular formula is C17H17ClN2O3S2. The van der Waals surface area contributed by atoms with E-state index in [1.165, 1.54) is 12.1 Å². The lowest BCUT2D eigenvalue weighted by atomic mass is 10.2. The van der Waals surface area contributed by atoms with E-state index in [2.05, 4.69) is 4.72 Å². The number of hydrogen-bond donors (Lipinski definition) is 1. The second kappa shape index (κ2) is 6.82. The zero-order chi connectivity index (χ0) is 18.2. The van der Waals surface area contributed by atoms with E-state index in [9.17, 15) is 13.2 Å². The zero-order valence-electron chi connectivity index (χ0n) is 13.7. The van der Waals surface area contributed by atoms with Crippen molar-refractivity contribution in [3.63, 3.8) is 0 Å². The van der Waals surface area contributed by atoms with Gasteiger partial charge in [-0.05, 0) is 49.2 Å². The molecule has 0 unspecified atom stereocenters. The third-order valence-electron chi connectivity index (χ3n) is 3.77. The van der Waals surface area contributed by atoms with Crippen molar-refractivity contribution in [2.24, 2.45) is 0 Å². The predicted molar refractivity (Wildman–Crippen MR) is 103 cm³/mol. The second-order valence-electron chi connectivity index (χ2n) is 5.74. The molecule has 3 rings (SSSR count). The lowest BCUT2D eigenvalue weighted by Crippen LogP contribution is -2.13. The van der Waals surface area contributed by atoms with Crippen molar-refractivity contribution >= 4 is 48.9 Å². The summed E-state index contributed by atoms with van der Waals surface area (Å²) in [5.74, 6) is 0. The molecule has 25 heavy (non-hydrogen) atoms. The molecule has 0 aliphatic heterocycles. The number of thiazole rings is 1. The van der Waals surface area contributed by atoms with Gasteiger partial charge in [-0.25, -0.2) is 8.42 Å². The number of anilines is 1. The molecule has 0 spiro atoms. The molecule has 0 saturated carbocycles. The van der Waals surface area contributed by atoms with Crippen LogP contribution < -0.4 is 9.60 Å². The molecule has 0 bridgehead atoms. The molecule has 132 valence electrons. The van der Waals surface area contributed by atoms with Crippen LogP contribution in [0.2, 0.25) is 5.02 Å². The molecule has 0 aliphatic rings. The highest BCUT2D eigenvalue weighted by Crippen LogP contribution is 2.27. The van der Waals surface area contributed by atoms with Crippen LogP contribution in [-0.2, 0) is 16.6 Å². The van der Waals surface area contributed by atoms with Gasteiger partial charge in [-0.3, -0.25) is 14.1 Å². The average Bonchev–Trinajstić information content (AvgIpc) is 2.86. The fourth-order valence-electron chi connectivity index (χ4n) is 2.56. The summed E-state index contributed by atoms with van der Waals surface area (Å²) in [6, 6.07) is 9.81. The normalized spacial score (nSPS) is 11.8. The van der Waals surface area contributed by atoms with Crippen LogP contribution in [0.3, 0.4) is 0 Å². The Bertz CT molecular complexity index is 1100. The number of aryl methyl sites for hydroxylation is 2. The molecular weight excluding hydrogens is 380 g/mol. The Kier molecular flexibility index (Phi) is 4.90. The van der Waals surface area contributed by atoms with Crippen LogP contribution in [0, 0.1) is 6.92 Å². The van der Waals surface area contributed by atoms with Crippen LogP contribution >= 0.6 is 22.9 Å². The van der Waals surface area contributed by atoms with E-state index in [4.69, 9.17) is 11.6 Å². The molecule has 1 aromatic heterocycles. The molecule has 5 nitrogen and oxygen atoms in total. The molecule has 0 radical (unpaired) electrons. The summed E-state index contributed by atoms with van der Waals surface area (Å²) >= 11 is 7.16. The topological polar surface area (TPSA) is 68.2 Å². The van der Waals surface area contributed by atoms with Crippen molar-refractivity contribution in [2.45, 2.75) is 31.7 Å². The molecule has 0 atom stereocenters. The number of hydrogen-bond acceptors (Lipinski definition) is 4. The maximum Gasteiger partial charge on any atom is 0.308 e. The van der Waals surface area contributed by atoms with Gasteiger partial charge in [-0.15, -0.1) is 0 Å². The van der Waals surface area contributed by atoms with E-state index in [0.29, 0.717) is 22.0 Å². The maximum atomic E-state index is 12.6. The van der Waals surface area contributed by atoms with Crippen LogP contribution in [0.25, 0.3) is 10.2 Å². The SMILES string of the molecule is CCCn1c(=O)sc2cc(S(=O)(=O)Nc3ccc(C)cc3Cl)ccc21. The van der Waals surface area contributed by atoms with Crippen molar-refractivity contribution in [1.29, 1.82) is 0 Å². The fourth-order valence-corrected chi connectivity index (χ4v) is 5.03. The van der Waals surface area contributed by atoms with Crippen molar-refractivity contribution in [2.75, 3.05) is 4.72 Å². The molecule has 1 N–H and O–H groups in total. The number of rotatable bonds is 5. The molecule has 3 aromatic rings. The smallest absolute Gasteiger partial charge is 0.299 e. The Morgan fingerprint density at radius 3 is 2.64 bits per heavy atom. The van der Waals surface area contributed by atoms with Gasteiger partial charge in [0.25, 0.3) is 10.0 Å². The molecule has 1 heterocycles. The minimum atomic E-state index is -3.80. The third kappa shape index (κ3) is 3.58. The summed E-state index contributed by atoms with van der Waals surface area (Å²) in [6.07, 6.45) is 0.833. The molecule has 0 fully saturated rings. The van der Waals surface area contributed by atoms with Crippen LogP contribution in [0.4, 0.5) is 5.69 Å². The molecule has 8 heteroatoms. The minimum absolute atomic E-state index is 0.0825. The first-order valence-corrected chi connectivity index (χ1v) is 10.4. The van der Waals surface area contributed by atoms with E-state index in [1.807, 2.05) is 13.8 Å². The first-order chi connectivity index (χ1) is 11.8. The second-order valence-corrected chi connectivity index (χ2v) is 8.82. The summed E-state index contributed by atoms with van der Waals surface area (Å²) in [7, 11) is -3.80. The standard InChI is InChI=1S/C17H17ClN2O3S2/c1-3-8-20-15-7-5-12(10-16(15)24-17(20)21)25(22,23)19-14-6-4-11(2)9-13(14)18/h4-7,9-10,19H,3,8H2,1-2H3. The largest absolute Gasteiger partial charge is 0.308 e. The Balaban J connectivity index is 2.01. The number of nitrogens with zero attached hydrogens (tertiary/aromatic N) is 1. The van der Waals surface area contributed by atoms with Gasteiger partial charge in [0.05, 0.1) is 25.8 Å². The van der Waals surface area contributed by atoms with Gasteiger partial charge in [0, 0.05) is 6.54 Å². The Labute approximate surface area is 154 Å². The van der Waals surface area contributed by atoms with Crippen molar-refractivity contribution in [3.05, 3.63) is 56.7 Å². The minimum Gasteiger partial charge on any atom is -0.299 e. The van der Waals surface area contributed by atoms with Gasteiger partial charge >= 0.3 is 4.87 Å². The summed E-state index contributed by atoms with van der Waals surface area (Å²) in [4.78, 5) is 12.1. The highest BCUT2D eigenvalue weighted by Gasteiger charge is 2.18. The van der Waals surface area contributed by atoms with Gasteiger partial charge in [0.15, 0.2) is 0 Å². The van der Waals surface area contributed by atoms with Gasteiger partial charge in [0.1, 0.15) is 0 Å². The lowest BCUT2D eigenvalue weighted by Gasteiger charge is -2.10. The van der Waals surface area contributed by atoms with Gasteiger partial charge < -0.3 is 0 Å². The highest BCUT2D eigenvalue weighted by molar-refractivity contribution is 7.92. The zero-order valence-corrected chi connectivity index (χ0v) is 16.1. The van der Waals surface area contributed by atoms with E-state index in [1.54, 1.807) is 28.8 Å². The molecule has 2 aromatic carbocycles. The van der Waals surface area contributed by atoms with Crippen molar-refractivity contribution in [1.82, 2.24) is 4.57 Å². The van der Waals surface area contributed by atoms with Gasteiger partial charge in [0.2, 0.25) is 0 Å². The number of benzene rings is 2. The summed E-state index contributed by atoms with van der Waals surface area (Å²) in [5.41, 5.74) is 2.02. The monoisotopic (exact) mass is 396 g/mol. The van der Waals surface area contributed by atoms with E-state index >= 15 is 0 Å². The van der Waals surface area contributed by atoms with E-state index in [-0.39, 0.29) is 9.77 Å². The number of fused-ring (bicyclic) bond motifs is 1. The number of halogens is 1. The van der Waals surface area contributed by atoms with E-state index < -0.39 is 10.0 Å². The van der Waals surface area contributed by atoms with Crippen molar-refractivity contribution < 1.29 is 8.42 Å². The maximum absolute atomic E-state index is 12.6. The van der Waals surface area contributed by atoms with Gasteiger partial charge in [-0.2, -0.15) is 0 Å². The van der Waals surface area contributed by atoms with Crippen molar-refractivity contribution in [3.8, 4) is 0 Å². The predicted octanol–water partition coefficient (Wildman–Crippen LogP) is 4.24. The number of aromatic nitrogens is 1. The summed E-state index contributed by atoms with van der Waals surface area (Å²) in [6.45, 7) is 4.48. The number of nitrogens with one attached hydrogen (secondary N) is 1. The molecule has 0 aliphatic carbocycles. The quantitative estimate of drug-likeness (QED) is 0.701. The Morgan fingerprint density at radius 1 is 1.20 bits per heavy atom. The summed E-state index contributed by atoms with van der Waals surface area (Å²) in [5, 5.41) is 0.336. The summed E-state index contributed by atoms with van der Waals surface area (Å²) < 4.78 is 30.1. The number of sulfonamides is 1. The van der Waals surface area contributed by atoms with Crippen LogP contribution in [-0.4, -0.2) is 13.0 Å². The Morgan fingerprint density at radius 2 is 1.96 bits per heavy atom. The lowest BCUT2D eigenvalue weighted by molar-refractivity contribution is 0.601. The van der Waals surface area contributed by atoms with E-state index in [0.717, 1.165) is 28.8 Å². The molecule has 0 amide bonds. The average molecular weight is 397 g/mol. The highest BCUT2D eigenvalue weighted by atomic mass is 35.5. The first-order valence-electron chi connectivity index (χ1n) is 7.74. The fraction of sp³-hybridized carbons (Fsp3) is 0.235.